The Morgan fingerprint density at radius 2 is 2.21 bits per heavy atom. The number of rotatable bonds is 4. The molecule has 0 radical (unpaired) electrons. The molecule has 0 spiro atoms. The fourth-order valence-corrected chi connectivity index (χ4v) is 2.78. The fourth-order valence-electron chi connectivity index (χ4n) is 2.01. The van der Waals surface area contributed by atoms with Gasteiger partial charge in [0.15, 0.2) is 0 Å². The standard InChI is InChI=1S/C12H17N3O3S/c1-7-6-13-9(19-7)8(2)14-11(18)15-12(10(16)17)4-3-5-12/h6,8H,3-5H2,1-2H3,(H,16,17)(H2,14,15,18). The number of carbonyl (C=O) groups excluding carboxylic acids is 1. The highest BCUT2D eigenvalue weighted by Gasteiger charge is 2.45. The lowest BCUT2D eigenvalue weighted by Crippen LogP contribution is -2.61. The highest BCUT2D eigenvalue weighted by molar-refractivity contribution is 7.11. The lowest BCUT2D eigenvalue weighted by atomic mass is 9.77. The van der Waals surface area contributed by atoms with Crippen molar-refractivity contribution in [3.8, 4) is 0 Å². The predicted molar refractivity (Wildman–Crippen MR) is 71.2 cm³/mol. The Labute approximate surface area is 115 Å². The third kappa shape index (κ3) is 2.86. The molecule has 0 saturated heterocycles. The van der Waals surface area contributed by atoms with Crippen molar-refractivity contribution in [3.63, 3.8) is 0 Å². The quantitative estimate of drug-likeness (QED) is 0.786. The van der Waals surface area contributed by atoms with Crippen LogP contribution in [0.3, 0.4) is 0 Å². The van der Waals surface area contributed by atoms with E-state index in [0.29, 0.717) is 12.8 Å². The van der Waals surface area contributed by atoms with Gasteiger partial charge in [-0.05, 0) is 33.1 Å². The van der Waals surface area contributed by atoms with Gasteiger partial charge in [-0.1, -0.05) is 0 Å². The topological polar surface area (TPSA) is 91.3 Å². The van der Waals surface area contributed by atoms with Gasteiger partial charge in [-0.3, -0.25) is 0 Å². The zero-order valence-electron chi connectivity index (χ0n) is 10.9. The molecule has 2 rings (SSSR count). The van der Waals surface area contributed by atoms with E-state index in [9.17, 15) is 9.59 Å². The Hall–Kier alpha value is -1.63. The maximum Gasteiger partial charge on any atom is 0.329 e. The van der Waals surface area contributed by atoms with E-state index in [0.717, 1.165) is 16.3 Å². The van der Waals surface area contributed by atoms with Gasteiger partial charge in [0.1, 0.15) is 10.5 Å². The van der Waals surface area contributed by atoms with Crippen LogP contribution in [0.4, 0.5) is 4.79 Å². The Morgan fingerprint density at radius 1 is 1.53 bits per heavy atom. The molecular formula is C12H17N3O3S. The van der Waals surface area contributed by atoms with Crippen molar-refractivity contribution in [1.29, 1.82) is 0 Å². The smallest absolute Gasteiger partial charge is 0.329 e. The zero-order valence-corrected chi connectivity index (χ0v) is 11.7. The number of thiazole rings is 1. The minimum absolute atomic E-state index is 0.232. The van der Waals surface area contributed by atoms with Crippen LogP contribution in [0.25, 0.3) is 0 Å². The van der Waals surface area contributed by atoms with Crippen molar-refractivity contribution >= 4 is 23.3 Å². The van der Waals surface area contributed by atoms with Gasteiger partial charge in [0.2, 0.25) is 0 Å². The van der Waals surface area contributed by atoms with Crippen molar-refractivity contribution < 1.29 is 14.7 Å². The van der Waals surface area contributed by atoms with Crippen LogP contribution in [-0.4, -0.2) is 27.6 Å². The van der Waals surface area contributed by atoms with Crippen LogP contribution in [0, 0.1) is 6.92 Å². The number of nitrogens with one attached hydrogen (secondary N) is 2. The first-order valence-electron chi connectivity index (χ1n) is 6.17. The minimum atomic E-state index is -1.08. The average molecular weight is 283 g/mol. The van der Waals surface area contributed by atoms with Crippen molar-refractivity contribution in [3.05, 3.63) is 16.1 Å². The molecule has 3 N–H and O–H groups in total. The fraction of sp³-hybridized carbons (Fsp3) is 0.583. The molecule has 0 aromatic carbocycles. The number of carboxylic acid groups (broad SMARTS) is 1. The summed E-state index contributed by atoms with van der Waals surface area (Å²) in [6.07, 6.45) is 3.55. The van der Waals surface area contributed by atoms with Gasteiger partial charge in [-0.2, -0.15) is 0 Å². The molecule has 1 aromatic heterocycles. The Bertz CT molecular complexity index is 496. The van der Waals surface area contributed by atoms with E-state index in [1.54, 1.807) is 6.20 Å². The number of aromatic nitrogens is 1. The largest absolute Gasteiger partial charge is 0.480 e. The first kappa shape index (κ1) is 13.8. The normalized spacial score (nSPS) is 18.2. The van der Waals surface area contributed by atoms with E-state index in [1.807, 2.05) is 13.8 Å². The number of aliphatic carboxylic acids is 1. The molecule has 1 aliphatic rings. The SMILES string of the molecule is Cc1cnc(C(C)NC(=O)NC2(C(=O)O)CCC2)s1. The molecule has 19 heavy (non-hydrogen) atoms. The minimum Gasteiger partial charge on any atom is -0.480 e. The Kier molecular flexibility index (Phi) is 3.75. The van der Waals surface area contributed by atoms with Gasteiger partial charge < -0.3 is 15.7 Å². The number of urea groups is 1. The summed E-state index contributed by atoms with van der Waals surface area (Å²) < 4.78 is 0. The van der Waals surface area contributed by atoms with Crippen molar-refractivity contribution in [1.82, 2.24) is 15.6 Å². The highest BCUT2D eigenvalue weighted by atomic mass is 32.1. The molecule has 1 aliphatic carbocycles. The average Bonchev–Trinajstić information content (AvgIpc) is 2.69. The second-order valence-electron chi connectivity index (χ2n) is 4.87. The molecule has 1 aromatic rings. The van der Waals surface area contributed by atoms with Crippen LogP contribution in [0.2, 0.25) is 0 Å². The number of amides is 2. The van der Waals surface area contributed by atoms with Crippen LogP contribution < -0.4 is 10.6 Å². The lowest BCUT2D eigenvalue weighted by molar-refractivity contribution is -0.148. The molecule has 0 bridgehead atoms. The maximum atomic E-state index is 11.8. The second kappa shape index (κ2) is 5.16. The molecule has 1 unspecified atom stereocenters. The molecule has 104 valence electrons. The van der Waals surface area contributed by atoms with Crippen LogP contribution >= 0.6 is 11.3 Å². The van der Waals surface area contributed by atoms with E-state index in [2.05, 4.69) is 15.6 Å². The Morgan fingerprint density at radius 3 is 2.63 bits per heavy atom. The highest BCUT2D eigenvalue weighted by Crippen LogP contribution is 2.32. The lowest BCUT2D eigenvalue weighted by Gasteiger charge is -2.38. The van der Waals surface area contributed by atoms with Crippen LogP contribution in [0.5, 0.6) is 0 Å². The second-order valence-corrected chi connectivity index (χ2v) is 6.14. The first-order chi connectivity index (χ1) is 8.93. The predicted octanol–water partition coefficient (Wildman–Crippen LogP) is 1.82. The van der Waals surface area contributed by atoms with E-state index in [4.69, 9.17) is 5.11 Å². The van der Waals surface area contributed by atoms with Crippen LogP contribution in [0.1, 0.15) is 42.1 Å². The number of hydrogen-bond acceptors (Lipinski definition) is 4. The van der Waals surface area contributed by atoms with Gasteiger partial charge in [0.25, 0.3) is 0 Å². The molecule has 7 heteroatoms. The summed E-state index contributed by atoms with van der Waals surface area (Å²) in [5, 5.41) is 15.2. The summed E-state index contributed by atoms with van der Waals surface area (Å²) in [5.41, 5.74) is -1.08. The summed E-state index contributed by atoms with van der Waals surface area (Å²) in [4.78, 5) is 28.3. The van der Waals surface area contributed by atoms with Gasteiger partial charge in [0.05, 0.1) is 6.04 Å². The third-order valence-corrected chi connectivity index (χ3v) is 4.42. The number of carbonyl (C=O) groups is 2. The van der Waals surface area contributed by atoms with E-state index in [-0.39, 0.29) is 6.04 Å². The van der Waals surface area contributed by atoms with Gasteiger partial charge in [0, 0.05) is 11.1 Å². The molecule has 2 amide bonds. The Balaban J connectivity index is 1.92. The summed E-state index contributed by atoms with van der Waals surface area (Å²) in [7, 11) is 0. The monoisotopic (exact) mass is 283 g/mol. The van der Waals surface area contributed by atoms with Gasteiger partial charge in [-0.25, -0.2) is 14.6 Å². The summed E-state index contributed by atoms with van der Waals surface area (Å²) in [6, 6.07) is -0.688. The molecular weight excluding hydrogens is 266 g/mol. The van der Waals surface area contributed by atoms with Crippen molar-refractivity contribution in [2.45, 2.75) is 44.7 Å². The maximum absolute atomic E-state index is 11.8. The van der Waals surface area contributed by atoms with Crippen LogP contribution in [-0.2, 0) is 4.79 Å². The number of nitrogens with zero attached hydrogens (tertiary/aromatic N) is 1. The molecule has 1 atom stereocenters. The van der Waals surface area contributed by atoms with E-state index < -0.39 is 17.5 Å². The molecule has 1 fully saturated rings. The summed E-state index contributed by atoms with van der Waals surface area (Å²) in [6.45, 7) is 3.77. The molecule has 0 aliphatic heterocycles. The summed E-state index contributed by atoms with van der Waals surface area (Å²) >= 11 is 1.51. The van der Waals surface area contributed by atoms with Crippen LogP contribution in [0.15, 0.2) is 6.20 Å². The van der Waals surface area contributed by atoms with Crippen molar-refractivity contribution in [2.24, 2.45) is 0 Å². The van der Waals surface area contributed by atoms with Gasteiger partial charge in [-0.15, -0.1) is 11.3 Å². The number of aryl methyl sites for hydroxylation is 1. The summed E-state index contributed by atoms with van der Waals surface area (Å²) in [5.74, 6) is -0.966. The number of carboxylic acids is 1. The third-order valence-electron chi connectivity index (χ3n) is 3.33. The van der Waals surface area contributed by atoms with Crippen molar-refractivity contribution in [2.75, 3.05) is 0 Å². The number of hydrogen-bond donors (Lipinski definition) is 3. The molecule has 6 nitrogen and oxygen atoms in total. The van der Waals surface area contributed by atoms with E-state index in [1.165, 1.54) is 11.3 Å². The van der Waals surface area contributed by atoms with E-state index >= 15 is 0 Å². The zero-order chi connectivity index (χ0) is 14.0. The van der Waals surface area contributed by atoms with Gasteiger partial charge >= 0.3 is 12.0 Å². The molecule has 1 saturated carbocycles. The first-order valence-corrected chi connectivity index (χ1v) is 6.99. The molecule has 1 heterocycles.